The number of nitrogens with one attached hydrogen (secondary N) is 1. The topological polar surface area (TPSA) is 84.9 Å². The van der Waals surface area contributed by atoms with E-state index in [1.807, 2.05) is 6.92 Å². The molecule has 2 aliphatic heterocycles. The first kappa shape index (κ1) is 20.1. The minimum Gasteiger partial charge on any atom is -0.495 e. The number of nitrogens with zero attached hydrogens (tertiary/aromatic N) is 1. The van der Waals surface area contributed by atoms with Gasteiger partial charge in [-0.1, -0.05) is 6.42 Å². The molecule has 2 aliphatic rings. The molecule has 0 aliphatic carbocycles. The second-order valence-electron chi connectivity index (χ2n) is 7.17. The van der Waals surface area contributed by atoms with Crippen molar-refractivity contribution in [3.05, 3.63) is 23.8 Å². The van der Waals surface area contributed by atoms with Crippen LogP contribution < -0.4 is 10.1 Å². The predicted octanol–water partition coefficient (Wildman–Crippen LogP) is 2.17. The van der Waals surface area contributed by atoms with Crippen molar-refractivity contribution in [2.45, 2.75) is 56.1 Å². The van der Waals surface area contributed by atoms with Crippen molar-refractivity contribution in [1.82, 2.24) is 9.62 Å². The van der Waals surface area contributed by atoms with E-state index in [2.05, 4.69) is 5.32 Å². The summed E-state index contributed by atoms with van der Waals surface area (Å²) in [6, 6.07) is 4.48. The highest BCUT2D eigenvalue weighted by Crippen LogP contribution is 2.31. The highest BCUT2D eigenvalue weighted by Gasteiger charge is 2.33. The minimum absolute atomic E-state index is 0.0320. The van der Waals surface area contributed by atoms with Crippen LogP contribution in [0.3, 0.4) is 0 Å². The van der Waals surface area contributed by atoms with Crippen molar-refractivity contribution in [2.24, 2.45) is 0 Å². The van der Waals surface area contributed by atoms with Gasteiger partial charge in [0.1, 0.15) is 10.6 Å². The number of amides is 1. The van der Waals surface area contributed by atoms with Crippen LogP contribution in [0.5, 0.6) is 5.75 Å². The van der Waals surface area contributed by atoms with Gasteiger partial charge in [-0.15, -0.1) is 0 Å². The van der Waals surface area contributed by atoms with Gasteiger partial charge in [-0.25, -0.2) is 8.42 Å². The maximum absolute atomic E-state index is 13.2. The summed E-state index contributed by atoms with van der Waals surface area (Å²) < 4.78 is 38.7. The number of methoxy groups -OCH3 is 1. The van der Waals surface area contributed by atoms with Crippen LogP contribution in [0.15, 0.2) is 23.1 Å². The number of carbonyl (C=O) groups excluding carboxylic acids is 1. The Morgan fingerprint density at radius 1 is 1.30 bits per heavy atom. The van der Waals surface area contributed by atoms with Crippen molar-refractivity contribution in [2.75, 3.05) is 26.8 Å². The zero-order valence-electron chi connectivity index (χ0n) is 15.9. The first-order valence-corrected chi connectivity index (χ1v) is 11.0. The van der Waals surface area contributed by atoms with Crippen LogP contribution in [0.2, 0.25) is 0 Å². The Kier molecular flexibility index (Phi) is 6.39. The lowest BCUT2D eigenvalue weighted by Crippen LogP contribution is -2.42. The highest BCUT2D eigenvalue weighted by atomic mass is 32.2. The maximum Gasteiger partial charge on any atom is 0.251 e. The smallest absolute Gasteiger partial charge is 0.251 e. The van der Waals surface area contributed by atoms with Gasteiger partial charge in [-0.2, -0.15) is 4.31 Å². The first-order chi connectivity index (χ1) is 12.9. The number of sulfonamides is 1. The summed E-state index contributed by atoms with van der Waals surface area (Å²) in [4.78, 5) is 12.5. The molecule has 7 nitrogen and oxygen atoms in total. The second-order valence-corrected chi connectivity index (χ2v) is 9.03. The van der Waals surface area contributed by atoms with Gasteiger partial charge in [-0.3, -0.25) is 4.79 Å². The standard InChI is InChI=1S/C19H28N2O5S/c1-14-6-3-4-10-21(14)27(23,24)18-12-15(8-9-17(18)25-2)19(22)20-13-16-7-5-11-26-16/h8-9,12,14,16H,3-7,10-11,13H2,1-2H3,(H,20,22). The molecule has 2 saturated heterocycles. The average molecular weight is 397 g/mol. The molecule has 1 N–H and O–H groups in total. The van der Waals surface area contributed by atoms with E-state index in [0.29, 0.717) is 18.7 Å². The largest absolute Gasteiger partial charge is 0.495 e. The molecule has 1 aromatic carbocycles. The van der Waals surface area contributed by atoms with Crippen LogP contribution >= 0.6 is 0 Å². The zero-order chi connectivity index (χ0) is 19.4. The molecule has 2 heterocycles. The molecule has 0 aromatic heterocycles. The van der Waals surface area contributed by atoms with Gasteiger partial charge >= 0.3 is 0 Å². The van der Waals surface area contributed by atoms with Gasteiger partial charge in [0.05, 0.1) is 13.2 Å². The lowest BCUT2D eigenvalue weighted by Gasteiger charge is -2.32. The quantitative estimate of drug-likeness (QED) is 0.797. The van der Waals surface area contributed by atoms with Crippen molar-refractivity contribution in [1.29, 1.82) is 0 Å². The van der Waals surface area contributed by atoms with Crippen molar-refractivity contribution < 1.29 is 22.7 Å². The Morgan fingerprint density at radius 3 is 2.78 bits per heavy atom. The monoisotopic (exact) mass is 396 g/mol. The summed E-state index contributed by atoms with van der Waals surface area (Å²) in [7, 11) is -2.30. The molecule has 0 saturated carbocycles. The summed E-state index contributed by atoms with van der Waals surface area (Å²) in [6.07, 6.45) is 4.66. The number of piperidine rings is 1. The SMILES string of the molecule is COc1ccc(C(=O)NCC2CCCO2)cc1S(=O)(=O)N1CCCCC1C. The van der Waals surface area contributed by atoms with Crippen molar-refractivity contribution in [3.63, 3.8) is 0 Å². The molecule has 150 valence electrons. The fourth-order valence-electron chi connectivity index (χ4n) is 3.69. The molecule has 27 heavy (non-hydrogen) atoms. The first-order valence-electron chi connectivity index (χ1n) is 9.53. The molecule has 1 amide bonds. The Morgan fingerprint density at radius 2 is 2.11 bits per heavy atom. The zero-order valence-corrected chi connectivity index (χ0v) is 16.8. The summed E-state index contributed by atoms with van der Waals surface area (Å²) in [5.74, 6) is -0.0558. The molecule has 2 atom stereocenters. The molecule has 2 unspecified atom stereocenters. The van der Waals surface area contributed by atoms with Crippen LogP contribution in [0.1, 0.15) is 49.4 Å². The fourth-order valence-corrected chi connectivity index (χ4v) is 5.57. The number of rotatable bonds is 6. The Balaban J connectivity index is 1.83. The molecule has 0 spiro atoms. The van der Waals surface area contributed by atoms with Gasteiger partial charge in [-0.05, 0) is 50.8 Å². The van der Waals surface area contributed by atoms with E-state index in [1.165, 1.54) is 17.5 Å². The lowest BCUT2D eigenvalue weighted by molar-refractivity contribution is 0.0857. The van der Waals surface area contributed by atoms with Crippen molar-refractivity contribution in [3.8, 4) is 5.75 Å². The molecule has 3 rings (SSSR count). The summed E-state index contributed by atoms with van der Waals surface area (Å²) in [5, 5.41) is 2.83. The van der Waals surface area contributed by atoms with Gasteiger partial charge in [0, 0.05) is 31.3 Å². The van der Waals surface area contributed by atoms with E-state index in [9.17, 15) is 13.2 Å². The van der Waals surface area contributed by atoms with E-state index < -0.39 is 10.0 Å². The summed E-state index contributed by atoms with van der Waals surface area (Å²) >= 11 is 0. The Bertz CT molecular complexity index is 774. The molecular weight excluding hydrogens is 368 g/mol. The minimum atomic E-state index is -3.74. The maximum atomic E-state index is 13.2. The van der Waals surface area contributed by atoms with E-state index in [4.69, 9.17) is 9.47 Å². The molecule has 8 heteroatoms. The molecule has 1 aromatic rings. The van der Waals surface area contributed by atoms with Crippen LogP contribution in [0.4, 0.5) is 0 Å². The normalized spacial score (nSPS) is 23.9. The molecule has 2 fully saturated rings. The van der Waals surface area contributed by atoms with Gasteiger partial charge < -0.3 is 14.8 Å². The molecule has 0 bridgehead atoms. The third-order valence-corrected chi connectivity index (χ3v) is 7.30. The predicted molar refractivity (Wildman–Crippen MR) is 102 cm³/mol. The van der Waals surface area contributed by atoms with Crippen LogP contribution in [-0.4, -0.2) is 57.6 Å². The Hall–Kier alpha value is -1.64. The van der Waals surface area contributed by atoms with E-state index in [0.717, 1.165) is 38.7 Å². The van der Waals surface area contributed by atoms with Crippen LogP contribution in [0.25, 0.3) is 0 Å². The third kappa shape index (κ3) is 4.44. The number of benzene rings is 1. The van der Waals surface area contributed by atoms with Gasteiger partial charge in [0.15, 0.2) is 0 Å². The number of carbonyl (C=O) groups is 1. The summed E-state index contributed by atoms with van der Waals surface area (Å²) in [5.41, 5.74) is 0.303. The van der Waals surface area contributed by atoms with Gasteiger partial charge in [0.25, 0.3) is 5.91 Å². The van der Waals surface area contributed by atoms with Gasteiger partial charge in [0.2, 0.25) is 10.0 Å². The number of hydrogen-bond acceptors (Lipinski definition) is 5. The van der Waals surface area contributed by atoms with E-state index in [-0.39, 0.29) is 28.7 Å². The molecule has 0 radical (unpaired) electrons. The van der Waals surface area contributed by atoms with Crippen LogP contribution in [-0.2, 0) is 14.8 Å². The van der Waals surface area contributed by atoms with E-state index in [1.54, 1.807) is 12.1 Å². The van der Waals surface area contributed by atoms with E-state index >= 15 is 0 Å². The summed E-state index contributed by atoms with van der Waals surface area (Å²) in [6.45, 7) is 3.55. The average Bonchev–Trinajstić information content (AvgIpc) is 3.19. The fraction of sp³-hybridized carbons (Fsp3) is 0.632. The third-order valence-electron chi connectivity index (χ3n) is 5.27. The highest BCUT2D eigenvalue weighted by molar-refractivity contribution is 7.89. The number of ether oxygens (including phenoxy) is 2. The number of hydrogen-bond donors (Lipinski definition) is 1. The van der Waals surface area contributed by atoms with Crippen LogP contribution in [0, 0.1) is 0 Å². The van der Waals surface area contributed by atoms with Crippen molar-refractivity contribution >= 4 is 15.9 Å². The Labute approximate surface area is 161 Å². The lowest BCUT2D eigenvalue weighted by atomic mass is 10.1. The molecular formula is C19H28N2O5S. The second kappa shape index (κ2) is 8.58.